The summed E-state index contributed by atoms with van der Waals surface area (Å²) in [5.74, 6) is -0.362. The number of sulfone groups is 1. The van der Waals surface area contributed by atoms with Gasteiger partial charge in [-0.1, -0.05) is 23.7 Å². The van der Waals surface area contributed by atoms with Crippen LogP contribution in [0.1, 0.15) is 25.0 Å². The number of likely N-dealkylation sites (N-methyl/N-ethyl adjacent to an activating group) is 1. The molecule has 1 aliphatic heterocycles. The molecule has 3 aromatic rings. The standard InChI is InChI=1S/C25H28ClN3O3S/c1-18-14-22(9-11-27-18)29-12-3-4-23(17-29)28(2)25(30)10-13-33(31,32)24-8-6-19-15-21(26)7-5-20(19)16-24/h5-9,11,14-16,23H,3-4,10,12-13,17H2,1-2H3. The van der Waals surface area contributed by atoms with Crippen LogP contribution in [-0.2, 0) is 14.6 Å². The van der Waals surface area contributed by atoms with Crippen molar-refractivity contribution in [1.29, 1.82) is 0 Å². The van der Waals surface area contributed by atoms with E-state index in [-0.39, 0.29) is 29.0 Å². The lowest BCUT2D eigenvalue weighted by Gasteiger charge is -2.39. The van der Waals surface area contributed by atoms with Gasteiger partial charge >= 0.3 is 0 Å². The van der Waals surface area contributed by atoms with Gasteiger partial charge < -0.3 is 9.80 Å². The Morgan fingerprint density at radius 3 is 2.70 bits per heavy atom. The van der Waals surface area contributed by atoms with Crippen LogP contribution in [0.4, 0.5) is 5.69 Å². The van der Waals surface area contributed by atoms with Crippen LogP contribution in [-0.4, -0.2) is 56.1 Å². The zero-order chi connectivity index (χ0) is 23.6. The van der Waals surface area contributed by atoms with E-state index in [9.17, 15) is 13.2 Å². The number of halogens is 1. The number of anilines is 1. The highest BCUT2D eigenvalue weighted by Gasteiger charge is 2.27. The summed E-state index contributed by atoms with van der Waals surface area (Å²) in [6.07, 6.45) is 3.64. The van der Waals surface area contributed by atoms with Gasteiger partial charge in [-0.15, -0.1) is 0 Å². The minimum atomic E-state index is -3.58. The first kappa shape index (κ1) is 23.5. The highest BCUT2D eigenvalue weighted by molar-refractivity contribution is 7.91. The Hall–Kier alpha value is -2.64. The largest absolute Gasteiger partial charge is 0.369 e. The average Bonchev–Trinajstić information content (AvgIpc) is 2.81. The lowest BCUT2D eigenvalue weighted by atomic mass is 10.0. The van der Waals surface area contributed by atoms with Crippen LogP contribution in [0.5, 0.6) is 0 Å². The van der Waals surface area contributed by atoms with Crippen molar-refractivity contribution in [3.8, 4) is 0 Å². The first-order valence-corrected chi connectivity index (χ1v) is 13.1. The average molecular weight is 486 g/mol. The molecule has 174 valence electrons. The maximum atomic E-state index is 12.9. The summed E-state index contributed by atoms with van der Waals surface area (Å²) in [4.78, 5) is 21.4. The molecule has 0 aliphatic carbocycles. The molecule has 1 fully saturated rings. The van der Waals surface area contributed by atoms with Gasteiger partial charge in [-0.2, -0.15) is 0 Å². The van der Waals surface area contributed by atoms with Crippen molar-refractivity contribution in [1.82, 2.24) is 9.88 Å². The molecule has 4 rings (SSSR count). The smallest absolute Gasteiger partial charge is 0.223 e. The maximum Gasteiger partial charge on any atom is 0.223 e. The Kier molecular flexibility index (Phi) is 6.91. The molecule has 2 aromatic carbocycles. The molecule has 0 N–H and O–H groups in total. The minimum Gasteiger partial charge on any atom is -0.369 e. The number of benzene rings is 2. The molecule has 1 amide bonds. The van der Waals surface area contributed by atoms with Crippen LogP contribution in [0, 0.1) is 6.92 Å². The van der Waals surface area contributed by atoms with Gasteiger partial charge in [0.15, 0.2) is 9.84 Å². The van der Waals surface area contributed by atoms with Gasteiger partial charge in [0.1, 0.15) is 0 Å². The second-order valence-corrected chi connectivity index (χ2v) is 11.2. The van der Waals surface area contributed by atoms with Gasteiger partial charge in [0.25, 0.3) is 0 Å². The number of fused-ring (bicyclic) bond motifs is 1. The Bertz CT molecular complexity index is 1280. The van der Waals surface area contributed by atoms with E-state index >= 15 is 0 Å². The predicted molar refractivity (Wildman–Crippen MR) is 133 cm³/mol. The third-order valence-corrected chi connectivity index (χ3v) is 8.25. The highest BCUT2D eigenvalue weighted by Crippen LogP contribution is 2.25. The lowest BCUT2D eigenvalue weighted by molar-refractivity contribution is -0.131. The zero-order valence-corrected chi connectivity index (χ0v) is 20.4. The van der Waals surface area contributed by atoms with E-state index in [4.69, 9.17) is 11.6 Å². The van der Waals surface area contributed by atoms with Gasteiger partial charge in [-0.05, 0) is 66.9 Å². The number of aromatic nitrogens is 1. The minimum absolute atomic E-state index is 0.0393. The molecule has 1 aliphatic rings. The summed E-state index contributed by atoms with van der Waals surface area (Å²) < 4.78 is 25.8. The molecule has 0 spiro atoms. The molecule has 33 heavy (non-hydrogen) atoms. The number of hydrogen-bond donors (Lipinski definition) is 0. The van der Waals surface area contributed by atoms with Crippen molar-refractivity contribution in [3.05, 3.63) is 65.4 Å². The molecule has 2 heterocycles. The van der Waals surface area contributed by atoms with Gasteiger partial charge in [-0.25, -0.2) is 8.42 Å². The van der Waals surface area contributed by atoms with Gasteiger partial charge in [0.05, 0.1) is 10.6 Å². The normalized spacial score (nSPS) is 16.7. The SMILES string of the molecule is Cc1cc(N2CCCC(N(C)C(=O)CCS(=O)(=O)c3ccc4cc(Cl)ccc4c3)C2)ccn1. The van der Waals surface area contributed by atoms with Crippen molar-refractivity contribution < 1.29 is 13.2 Å². The summed E-state index contributed by atoms with van der Waals surface area (Å²) in [6.45, 7) is 3.63. The van der Waals surface area contributed by atoms with E-state index in [1.807, 2.05) is 19.1 Å². The van der Waals surface area contributed by atoms with E-state index in [1.165, 1.54) is 0 Å². The lowest BCUT2D eigenvalue weighted by Crippen LogP contribution is -2.49. The van der Waals surface area contributed by atoms with Crippen LogP contribution < -0.4 is 4.90 Å². The number of aryl methyl sites for hydroxylation is 1. The number of nitrogens with zero attached hydrogens (tertiary/aromatic N) is 3. The fourth-order valence-corrected chi connectivity index (χ4v) is 5.78. The second kappa shape index (κ2) is 9.69. The molecule has 1 atom stereocenters. The Labute approximate surface area is 200 Å². The van der Waals surface area contributed by atoms with Crippen molar-refractivity contribution in [3.63, 3.8) is 0 Å². The molecule has 0 bridgehead atoms. The number of piperidine rings is 1. The summed E-state index contributed by atoms with van der Waals surface area (Å²) in [7, 11) is -1.80. The third kappa shape index (κ3) is 5.47. The van der Waals surface area contributed by atoms with Crippen molar-refractivity contribution >= 4 is 43.8 Å². The Balaban J connectivity index is 1.39. The van der Waals surface area contributed by atoms with Gasteiger partial charge in [0.2, 0.25) is 5.91 Å². The molecular formula is C25H28ClN3O3S. The van der Waals surface area contributed by atoms with Crippen LogP contribution >= 0.6 is 11.6 Å². The summed E-state index contributed by atoms with van der Waals surface area (Å²) >= 11 is 6.01. The fourth-order valence-electron chi connectivity index (χ4n) is 4.34. The number of pyridine rings is 1. The monoisotopic (exact) mass is 485 g/mol. The quantitative estimate of drug-likeness (QED) is 0.514. The molecule has 1 aromatic heterocycles. The zero-order valence-electron chi connectivity index (χ0n) is 18.9. The van der Waals surface area contributed by atoms with Crippen LogP contribution in [0.3, 0.4) is 0 Å². The second-order valence-electron chi connectivity index (χ2n) is 8.62. The summed E-state index contributed by atoms with van der Waals surface area (Å²) in [5, 5.41) is 2.29. The van der Waals surface area contributed by atoms with E-state index < -0.39 is 9.84 Å². The van der Waals surface area contributed by atoms with Crippen LogP contribution in [0.25, 0.3) is 10.8 Å². The first-order valence-electron chi connectivity index (χ1n) is 11.1. The first-order chi connectivity index (χ1) is 15.7. The molecule has 0 radical (unpaired) electrons. The predicted octanol–water partition coefficient (Wildman–Crippen LogP) is 4.49. The number of carbonyl (C=O) groups excluding carboxylic acids is 1. The van der Waals surface area contributed by atoms with E-state index in [0.29, 0.717) is 5.02 Å². The molecular weight excluding hydrogens is 458 g/mol. The summed E-state index contributed by atoms with van der Waals surface area (Å²) in [6, 6.07) is 14.4. The van der Waals surface area contributed by atoms with E-state index in [1.54, 1.807) is 54.5 Å². The van der Waals surface area contributed by atoms with E-state index in [2.05, 4.69) is 9.88 Å². The van der Waals surface area contributed by atoms with Gasteiger partial charge in [-0.3, -0.25) is 9.78 Å². The molecule has 1 saturated heterocycles. The van der Waals surface area contributed by atoms with Crippen molar-refractivity contribution in [2.75, 3.05) is 30.8 Å². The topological polar surface area (TPSA) is 70.6 Å². The van der Waals surface area contributed by atoms with Crippen LogP contribution in [0.15, 0.2) is 59.6 Å². The Morgan fingerprint density at radius 2 is 1.91 bits per heavy atom. The molecule has 6 nitrogen and oxygen atoms in total. The Morgan fingerprint density at radius 1 is 1.15 bits per heavy atom. The number of hydrogen-bond acceptors (Lipinski definition) is 5. The maximum absolute atomic E-state index is 12.9. The summed E-state index contributed by atoms with van der Waals surface area (Å²) in [5.41, 5.74) is 2.06. The molecule has 8 heteroatoms. The number of amides is 1. The van der Waals surface area contributed by atoms with Gasteiger partial charge in [0, 0.05) is 55.2 Å². The van der Waals surface area contributed by atoms with E-state index in [0.717, 1.165) is 48.1 Å². The fraction of sp³-hybridized carbons (Fsp3) is 0.360. The van der Waals surface area contributed by atoms with Crippen molar-refractivity contribution in [2.45, 2.75) is 37.1 Å². The molecule has 0 saturated carbocycles. The highest BCUT2D eigenvalue weighted by atomic mass is 35.5. The third-order valence-electron chi connectivity index (χ3n) is 6.30. The van der Waals surface area contributed by atoms with Crippen molar-refractivity contribution in [2.24, 2.45) is 0 Å². The number of carbonyl (C=O) groups is 1. The molecule has 1 unspecified atom stereocenters. The van der Waals surface area contributed by atoms with Crippen LogP contribution in [0.2, 0.25) is 5.02 Å². The number of rotatable bonds is 6.